The quantitative estimate of drug-likeness (QED) is 0.826. The van der Waals surface area contributed by atoms with E-state index in [4.69, 9.17) is 0 Å². The van der Waals surface area contributed by atoms with Crippen LogP contribution < -0.4 is 5.32 Å². The largest absolute Gasteiger partial charge is 0.394 e. The summed E-state index contributed by atoms with van der Waals surface area (Å²) in [5.74, 6) is 0. The van der Waals surface area contributed by atoms with E-state index in [1.807, 2.05) is 20.8 Å². The summed E-state index contributed by atoms with van der Waals surface area (Å²) in [6.07, 6.45) is 0. The van der Waals surface area contributed by atoms with Gasteiger partial charge in [-0.2, -0.15) is 0 Å². The maximum Gasteiger partial charge on any atom is 0.242 e. The lowest BCUT2D eigenvalue weighted by Gasteiger charge is -2.32. The Morgan fingerprint density at radius 3 is 2.10 bits per heavy atom. The Morgan fingerprint density at radius 1 is 1.25 bits per heavy atom. The van der Waals surface area contributed by atoms with Gasteiger partial charge in [0.25, 0.3) is 0 Å². The van der Waals surface area contributed by atoms with Gasteiger partial charge in [0.1, 0.15) is 0 Å². The number of sulfonamides is 1. The maximum absolute atomic E-state index is 12.0. The van der Waals surface area contributed by atoms with E-state index in [-0.39, 0.29) is 17.5 Å². The van der Waals surface area contributed by atoms with Crippen LogP contribution in [0, 0.1) is 0 Å². The van der Waals surface area contributed by atoms with Crippen LogP contribution in [0.2, 0.25) is 0 Å². The fourth-order valence-corrected chi connectivity index (χ4v) is 2.96. The van der Waals surface area contributed by atoms with Crippen LogP contribution in [0.3, 0.4) is 0 Å². The van der Waals surface area contributed by atoms with Crippen molar-refractivity contribution in [3.63, 3.8) is 0 Å². The average Bonchev–Trinajstić information content (AvgIpc) is 2.37. The summed E-state index contributed by atoms with van der Waals surface area (Å²) in [6, 6.07) is 6.82. The van der Waals surface area contributed by atoms with E-state index in [0.717, 1.165) is 5.56 Å². The summed E-state index contributed by atoms with van der Waals surface area (Å²) in [5.41, 5.74) is 0.264. The molecular weight excluding hydrogens is 276 g/mol. The van der Waals surface area contributed by atoms with Crippen LogP contribution in [-0.4, -0.2) is 44.6 Å². The van der Waals surface area contributed by atoms with Crippen LogP contribution in [0.5, 0.6) is 0 Å². The standard InChI is InChI=1S/C14H24N2O3S/c1-11(2)15-14(3,10-17)12-6-8-13(9-7-12)20(18,19)16(4)5/h6-9,11,15,17H,10H2,1-5H3. The lowest BCUT2D eigenvalue weighted by molar-refractivity contribution is 0.166. The summed E-state index contributed by atoms with van der Waals surface area (Å²) in [6.45, 7) is 5.82. The summed E-state index contributed by atoms with van der Waals surface area (Å²) < 4.78 is 25.2. The first-order valence-corrected chi connectivity index (χ1v) is 7.99. The molecule has 0 saturated carbocycles. The lowest BCUT2D eigenvalue weighted by Crippen LogP contribution is -2.46. The number of benzene rings is 1. The topological polar surface area (TPSA) is 69.6 Å². The zero-order valence-corrected chi connectivity index (χ0v) is 13.5. The van der Waals surface area contributed by atoms with Crippen molar-refractivity contribution in [3.05, 3.63) is 29.8 Å². The Labute approximate surface area is 121 Å². The van der Waals surface area contributed by atoms with Crippen molar-refractivity contribution in [1.82, 2.24) is 9.62 Å². The van der Waals surface area contributed by atoms with Crippen LogP contribution in [0.1, 0.15) is 26.3 Å². The van der Waals surface area contributed by atoms with E-state index in [1.165, 1.54) is 18.4 Å². The Hall–Kier alpha value is -0.950. The van der Waals surface area contributed by atoms with Gasteiger partial charge in [-0.3, -0.25) is 0 Å². The number of nitrogens with one attached hydrogen (secondary N) is 1. The second kappa shape index (κ2) is 6.22. The van der Waals surface area contributed by atoms with Crippen molar-refractivity contribution in [2.24, 2.45) is 0 Å². The first-order chi connectivity index (χ1) is 9.13. The second-order valence-electron chi connectivity index (χ2n) is 5.60. The summed E-state index contributed by atoms with van der Waals surface area (Å²) >= 11 is 0. The van der Waals surface area contributed by atoms with E-state index in [9.17, 15) is 13.5 Å². The van der Waals surface area contributed by atoms with Gasteiger partial charge < -0.3 is 10.4 Å². The summed E-state index contributed by atoms with van der Waals surface area (Å²) in [4.78, 5) is 0.246. The van der Waals surface area contributed by atoms with Crippen molar-refractivity contribution in [2.45, 2.75) is 37.2 Å². The molecule has 0 aliphatic carbocycles. The monoisotopic (exact) mass is 300 g/mol. The number of hydrogen-bond acceptors (Lipinski definition) is 4. The predicted octanol–water partition coefficient (Wildman–Crippen LogP) is 1.14. The third kappa shape index (κ3) is 3.58. The molecule has 0 heterocycles. The Balaban J connectivity index is 3.13. The highest BCUT2D eigenvalue weighted by atomic mass is 32.2. The molecule has 1 unspecified atom stereocenters. The SMILES string of the molecule is CC(C)NC(C)(CO)c1ccc(S(=O)(=O)N(C)C)cc1. The number of aliphatic hydroxyl groups is 1. The van der Waals surface area contributed by atoms with Gasteiger partial charge in [-0.05, 0) is 38.5 Å². The number of rotatable bonds is 6. The first-order valence-electron chi connectivity index (χ1n) is 6.55. The molecule has 0 aliphatic rings. The fraction of sp³-hybridized carbons (Fsp3) is 0.571. The Morgan fingerprint density at radius 2 is 1.75 bits per heavy atom. The van der Waals surface area contributed by atoms with Gasteiger partial charge >= 0.3 is 0 Å². The third-order valence-corrected chi connectivity index (χ3v) is 5.02. The molecule has 6 heteroatoms. The van der Waals surface area contributed by atoms with Gasteiger partial charge in [-0.1, -0.05) is 12.1 Å². The molecule has 114 valence electrons. The maximum atomic E-state index is 12.0. The molecule has 1 aromatic carbocycles. The van der Waals surface area contributed by atoms with Crippen LogP contribution in [-0.2, 0) is 15.6 Å². The molecule has 0 spiro atoms. The van der Waals surface area contributed by atoms with Crippen LogP contribution in [0.15, 0.2) is 29.2 Å². The van der Waals surface area contributed by atoms with Crippen molar-refractivity contribution in [2.75, 3.05) is 20.7 Å². The van der Waals surface area contributed by atoms with Crippen molar-refractivity contribution in [3.8, 4) is 0 Å². The third-order valence-electron chi connectivity index (χ3n) is 3.19. The van der Waals surface area contributed by atoms with Crippen molar-refractivity contribution in [1.29, 1.82) is 0 Å². The molecule has 1 rings (SSSR count). The van der Waals surface area contributed by atoms with Crippen molar-refractivity contribution >= 4 is 10.0 Å². The molecule has 0 radical (unpaired) electrons. The molecule has 0 aromatic heterocycles. The average molecular weight is 300 g/mol. The van der Waals surface area contributed by atoms with Gasteiger partial charge in [0.05, 0.1) is 17.0 Å². The molecule has 1 aromatic rings. The smallest absolute Gasteiger partial charge is 0.242 e. The van der Waals surface area contributed by atoms with Gasteiger partial charge in [-0.15, -0.1) is 0 Å². The Kier molecular flexibility index (Phi) is 5.32. The van der Waals surface area contributed by atoms with E-state index >= 15 is 0 Å². The number of aliphatic hydroxyl groups excluding tert-OH is 1. The second-order valence-corrected chi connectivity index (χ2v) is 7.75. The van der Waals surface area contributed by atoms with Crippen LogP contribution in [0.4, 0.5) is 0 Å². The Bertz CT molecular complexity index is 538. The highest BCUT2D eigenvalue weighted by molar-refractivity contribution is 7.89. The first kappa shape index (κ1) is 17.1. The van der Waals surface area contributed by atoms with Gasteiger partial charge in [0.2, 0.25) is 10.0 Å². The minimum atomic E-state index is -3.42. The molecule has 0 saturated heterocycles. The number of nitrogens with zero attached hydrogens (tertiary/aromatic N) is 1. The number of hydrogen-bond donors (Lipinski definition) is 2. The van der Waals surface area contributed by atoms with E-state index < -0.39 is 15.6 Å². The molecule has 0 bridgehead atoms. The minimum absolute atomic E-state index is 0.0645. The van der Waals surface area contributed by atoms with E-state index in [1.54, 1.807) is 24.3 Å². The van der Waals surface area contributed by atoms with Crippen molar-refractivity contribution < 1.29 is 13.5 Å². The molecule has 0 fully saturated rings. The molecule has 1 atom stereocenters. The van der Waals surface area contributed by atoms with E-state index in [0.29, 0.717) is 0 Å². The highest BCUT2D eigenvalue weighted by Gasteiger charge is 2.27. The van der Waals surface area contributed by atoms with Gasteiger partial charge in [0, 0.05) is 20.1 Å². The van der Waals surface area contributed by atoms with Gasteiger partial charge in [-0.25, -0.2) is 12.7 Å². The minimum Gasteiger partial charge on any atom is -0.394 e. The predicted molar refractivity (Wildman–Crippen MR) is 80.0 cm³/mol. The molecule has 20 heavy (non-hydrogen) atoms. The fourth-order valence-electron chi connectivity index (χ4n) is 2.06. The normalized spacial score (nSPS) is 15.6. The molecule has 2 N–H and O–H groups in total. The summed E-state index contributed by atoms with van der Waals surface area (Å²) in [5, 5.41) is 12.9. The molecular formula is C14H24N2O3S. The van der Waals surface area contributed by atoms with Crippen LogP contribution >= 0.6 is 0 Å². The summed E-state index contributed by atoms with van der Waals surface area (Å²) in [7, 11) is -0.416. The molecule has 0 aliphatic heterocycles. The zero-order chi connectivity index (χ0) is 15.6. The van der Waals surface area contributed by atoms with E-state index in [2.05, 4.69) is 5.32 Å². The highest BCUT2D eigenvalue weighted by Crippen LogP contribution is 2.23. The lowest BCUT2D eigenvalue weighted by atomic mass is 9.92. The zero-order valence-electron chi connectivity index (χ0n) is 12.7. The van der Waals surface area contributed by atoms with Crippen LogP contribution in [0.25, 0.3) is 0 Å². The molecule has 5 nitrogen and oxygen atoms in total. The van der Waals surface area contributed by atoms with Gasteiger partial charge in [0.15, 0.2) is 0 Å². The molecule has 0 amide bonds.